The van der Waals surface area contributed by atoms with Crippen molar-refractivity contribution in [2.45, 2.75) is 32.5 Å². The second-order valence-electron chi connectivity index (χ2n) is 6.37. The molecule has 1 aromatic heterocycles. The van der Waals surface area contributed by atoms with Gasteiger partial charge in [-0.05, 0) is 32.0 Å². The lowest BCUT2D eigenvalue weighted by Crippen LogP contribution is -2.42. The third-order valence-corrected chi connectivity index (χ3v) is 4.12. The fraction of sp³-hybridized carbons (Fsp3) is 0.353. The van der Waals surface area contributed by atoms with Crippen LogP contribution in [-0.4, -0.2) is 27.2 Å². The van der Waals surface area contributed by atoms with Crippen LogP contribution >= 0.6 is 0 Å². The van der Waals surface area contributed by atoms with Gasteiger partial charge in [0.15, 0.2) is 5.69 Å². The summed E-state index contributed by atoms with van der Waals surface area (Å²) >= 11 is 0. The number of halogens is 2. The lowest BCUT2D eigenvalue weighted by molar-refractivity contribution is -0.0566. The van der Waals surface area contributed by atoms with Gasteiger partial charge in [0.25, 0.3) is 11.5 Å². The number of carbonyl (C=O) groups excluding carboxylic acids is 1. The molecule has 0 bridgehead atoms. The third-order valence-electron chi connectivity index (χ3n) is 4.12. The van der Waals surface area contributed by atoms with E-state index in [0.717, 1.165) is 18.2 Å². The molecule has 0 spiro atoms. The number of hydrogen-bond acceptors (Lipinski definition) is 5. The van der Waals surface area contributed by atoms with E-state index in [2.05, 4.69) is 10.3 Å². The van der Waals surface area contributed by atoms with Crippen molar-refractivity contribution >= 4 is 5.91 Å². The molecular weight excluding hydrogens is 348 g/mol. The van der Waals surface area contributed by atoms with Crippen LogP contribution in [0.15, 0.2) is 23.0 Å². The van der Waals surface area contributed by atoms with Gasteiger partial charge in [0, 0.05) is 12.1 Å². The van der Waals surface area contributed by atoms with E-state index in [1.54, 1.807) is 13.8 Å². The summed E-state index contributed by atoms with van der Waals surface area (Å²) in [5.41, 5.74) is -2.24. The van der Waals surface area contributed by atoms with E-state index >= 15 is 0 Å². The fourth-order valence-electron chi connectivity index (χ4n) is 2.76. The summed E-state index contributed by atoms with van der Waals surface area (Å²) in [4.78, 5) is 28.8. The first-order valence-electron chi connectivity index (χ1n) is 7.91. The van der Waals surface area contributed by atoms with Crippen molar-refractivity contribution in [2.75, 3.05) is 6.61 Å². The second-order valence-corrected chi connectivity index (χ2v) is 6.37. The van der Waals surface area contributed by atoms with Crippen molar-refractivity contribution in [3.05, 3.63) is 57.3 Å². The monoisotopic (exact) mass is 365 g/mol. The van der Waals surface area contributed by atoms with Gasteiger partial charge in [-0.3, -0.25) is 14.2 Å². The van der Waals surface area contributed by atoms with Crippen LogP contribution in [0.5, 0.6) is 5.75 Å². The molecule has 138 valence electrons. The first-order valence-corrected chi connectivity index (χ1v) is 7.91. The molecule has 0 aliphatic carbocycles. The zero-order valence-electron chi connectivity index (χ0n) is 14.2. The van der Waals surface area contributed by atoms with E-state index in [1.165, 1.54) is 4.57 Å². The molecule has 2 heterocycles. The van der Waals surface area contributed by atoms with Gasteiger partial charge in [-0.25, -0.2) is 13.8 Å². The first-order chi connectivity index (χ1) is 12.2. The molecule has 9 heteroatoms. The van der Waals surface area contributed by atoms with E-state index in [9.17, 15) is 23.5 Å². The maximum Gasteiger partial charge on any atom is 0.296 e. The van der Waals surface area contributed by atoms with Crippen molar-refractivity contribution < 1.29 is 23.4 Å². The van der Waals surface area contributed by atoms with Crippen LogP contribution in [0.4, 0.5) is 8.78 Å². The van der Waals surface area contributed by atoms with E-state index in [4.69, 9.17) is 4.74 Å². The van der Waals surface area contributed by atoms with Crippen LogP contribution in [-0.2, 0) is 23.4 Å². The molecule has 0 saturated heterocycles. The summed E-state index contributed by atoms with van der Waals surface area (Å²) in [6.45, 7) is 3.51. The minimum Gasteiger partial charge on any atom is -0.501 e. The highest BCUT2D eigenvalue weighted by Crippen LogP contribution is 2.27. The topological polar surface area (TPSA) is 93.5 Å². The number of nitrogens with zero attached hydrogens (tertiary/aromatic N) is 2. The van der Waals surface area contributed by atoms with Crippen molar-refractivity contribution in [2.24, 2.45) is 0 Å². The SMILES string of the molecule is CC1(C)OCCn2c1nc(C(=O)NCc1cc(F)ccc1F)c(O)c2=O. The molecular formula is C17H17F2N3O4. The number of hydrogen-bond donors (Lipinski definition) is 2. The molecule has 0 saturated carbocycles. The van der Waals surface area contributed by atoms with E-state index in [-0.39, 0.29) is 31.1 Å². The predicted octanol–water partition coefficient (Wildman–Crippen LogP) is 1.42. The summed E-state index contributed by atoms with van der Waals surface area (Å²) in [6.07, 6.45) is 0. The summed E-state index contributed by atoms with van der Waals surface area (Å²) in [6, 6.07) is 2.85. The number of aromatic nitrogens is 2. The van der Waals surface area contributed by atoms with Crippen LogP contribution in [0.1, 0.15) is 35.7 Å². The van der Waals surface area contributed by atoms with Crippen LogP contribution in [0.2, 0.25) is 0 Å². The van der Waals surface area contributed by atoms with Gasteiger partial charge in [-0.15, -0.1) is 0 Å². The lowest BCUT2D eigenvalue weighted by atomic mass is 10.1. The van der Waals surface area contributed by atoms with Crippen molar-refractivity contribution in [1.82, 2.24) is 14.9 Å². The van der Waals surface area contributed by atoms with Gasteiger partial charge < -0.3 is 15.2 Å². The van der Waals surface area contributed by atoms with Crippen LogP contribution in [0.25, 0.3) is 0 Å². The van der Waals surface area contributed by atoms with E-state index in [1.807, 2.05) is 0 Å². The van der Waals surface area contributed by atoms with E-state index in [0.29, 0.717) is 0 Å². The Morgan fingerprint density at radius 3 is 2.88 bits per heavy atom. The number of carbonyl (C=O) groups is 1. The molecule has 26 heavy (non-hydrogen) atoms. The van der Waals surface area contributed by atoms with E-state index < -0.39 is 40.1 Å². The average Bonchev–Trinajstić information content (AvgIpc) is 2.58. The third kappa shape index (κ3) is 3.17. The number of rotatable bonds is 3. The molecule has 1 aromatic carbocycles. The van der Waals surface area contributed by atoms with Crippen LogP contribution in [0, 0.1) is 11.6 Å². The fourth-order valence-corrected chi connectivity index (χ4v) is 2.76. The zero-order chi connectivity index (χ0) is 19.1. The Kier molecular flexibility index (Phi) is 4.49. The standard InChI is InChI=1S/C17H17F2N3O4/c1-17(2)16-21-12(13(23)15(25)22(16)5-6-26-17)14(24)20-8-9-7-10(18)3-4-11(9)19/h3-4,7,23H,5-6,8H2,1-2H3,(H,20,24). The molecule has 0 unspecified atom stereocenters. The van der Waals surface area contributed by atoms with Gasteiger partial charge in [0.1, 0.15) is 23.1 Å². The number of amides is 1. The van der Waals surface area contributed by atoms with Gasteiger partial charge in [0.05, 0.1) is 13.2 Å². The Balaban J connectivity index is 1.91. The largest absolute Gasteiger partial charge is 0.501 e. The minimum absolute atomic E-state index is 0.0730. The van der Waals surface area contributed by atoms with Crippen LogP contribution in [0.3, 0.4) is 0 Å². The van der Waals surface area contributed by atoms with Crippen molar-refractivity contribution in [3.63, 3.8) is 0 Å². The predicted molar refractivity (Wildman–Crippen MR) is 86.7 cm³/mol. The first kappa shape index (κ1) is 18.0. The lowest BCUT2D eigenvalue weighted by Gasteiger charge is -2.32. The minimum atomic E-state index is -0.922. The van der Waals surface area contributed by atoms with Gasteiger partial charge in [0.2, 0.25) is 5.75 Å². The summed E-state index contributed by atoms with van der Waals surface area (Å²) < 4.78 is 33.6. The summed E-state index contributed by atoms with van der Waals surface area (Å²) in [5.74, 6) is -2.82. The number of aromatic hydroxyl groups is 1. The van der Waals surface area contributed by atoms with Gasteiger partial charge in [-0.1, -0.05) is 0 Å². The van der Waals surface area contributed by atoms with Gasteiger partial charge >= 0.3 is 0 Å². The summed E-state index contributed by atoms with van der Waals surface area (Å²) in [7, 11) is 0. The highest BCUT2D eigenvalue weighted by Gasteiger charge is 2.34. The molecule has 0 atom stereocenters. The Morgan fingerprint density at radius 1 is 1.42 bits per heavy atom. The Morgan fingerprint density at radius 2 is 2.15 bits per heavy atom. The Bertz CT molecular complexity index is 940. The quantitative estimate of drug-likeness (QED) is 0.858. The van der Waals surface area contributed by atoms with Crippen molar-refractivity contribution in [3.8, 4) is 5.75 Å². The maximum absolute atomic E-state index is 13.6. The molecule has 0 fully saturated rings. The molecule has 1 amide bonds. The Labute approximate surface area is 147 Å². The van der Waals surface area contributed by atoms with Crippen LogP contribution < -0.4 is 10.9 Å². The molecule has 2 aromatic rings. The molecule has 7 nitrogen and oxygen atoms in total. The highest BCUT2D eigenvalue weighted by molar-refractivity contribution is 5.94. The number of fused-ring (bicyclic) bond motifs is 1. The highest BCUT2D eigenvalue weighted by atomic mass is 19.1. The zero-order valence-corrected chi connectivity index (χ0v) is 14.2. The number of benzene rings is 1. The molecule has 3 rings (SSSR count). The average molecular weight is 365 g/mol. The molecule has 1 aliphatic rings. The molecule has 1 aliphatic heterocycles. The smallest absolute Gasteiger partial charge is 0.296 e. The number of ether oxygens (including phenoxy) is 1. The second kappa shape index (κ2) is 6.49. The van der Waals surface area contributed by atoms with Crippen molar-refractivity contribution in [1.29, 1.82) is 0 Å². The number of nitrogens with one attached hydrogen (secondary N) is 1. The van der Waals surface area contributed by atoms with Gasteiger partial charge in [-0.2, -0.15) is 0 Å². The molecule has 2 N–H and O–H groups in total. The normalized spacial score (nSPS) is 15.4. The maximum atomic E-state index is 13.6. The Hall–Kier alpha value is -2.81. The molecule has 0 radical (unpaired) electrons. The summed E-state index contributed by atoms with van der Waals surface area (Å²) in [5, 5.41) is 12.4.